The molecule has 1 saturated heterocycles. The zero-order valence-corrected chi connectivity index (χ0v) is 15.4. The van der Waals surface area contributed by atoms with Crippen LogP contribution in [0.3, 0.4) is 0 Å². The van der Waals surface area contributed by atoms with Gasteiger partial charge >= 0.3 is 0 Å². The van der Waals surface area contributed by atoms with Crippen LogP contribution >= 0.6 is 0 Å². The van der Waals surface area contributed by atoms with Gasteiger partial charge in [0.25, 0.3) is 5.91 Å². The van der Waals surface area contributed by atoms with Gasteiger partial charge in [0, 0.05) is 31.4 Å². The molecule has 2 heterocycles. The number of benzene rings is 1. The lowest BCUT2D eigenvalue weighted by molar-refractivity contribution is 0.0792. The van der Waals surface area contributed by atoms with Crippen molar-refractivity contribution in [2.75, 3.05) is 25.5 Å². The summed E-state index contributed by atoms with van der Waals surface area (Å²) >= 11 is 0. The van der Waals surface area contributed by atoms with Crippen molar-refractivity contribution in [1.29, 1.82) is 0 Å². The van der Waals surface area contributed by atoms with Crippen LogP contribution in [0.15, 0.2) is 24.4 Å². The predicted octanol–water partition coefficient (Wildman–Crippen LogP) is 3.15. The van der Waals surface area contributed by atoms with Crippen LogP contribution in [0.1, 0.15) is 47.4 Å². The third kappa shape index (κ3) is 3.48. The van der Waals surface area contributed by atoms with Crippen molar-refractivity contribution < 1.29 is 9.53 Å². The van der Waals surface area contributed by atoms with E-state index in [-0.39, 0.29) is 11.9 Å². The van der Waals surface area contributed by atoms with E-state index < -0.39 is 0 Å². The van der Waals surface area contributed by atoms with Crippen molar-refractivity contribution in [1.82, 2.24) is 14.7 Å². The number of ether oxygens (including phenoxy) is 1. The molecule has 1 aromatic heterocycles. The Morgan fingerprint density at radius 3 is 2.72 bits per heavy atom. The molecule has 1 unspecified atom stereocenters. The molecule has 3 rings (SSSR count). The van der Waals surface area contributed by atoms with Crippen LogP contribution in [0.4, 0.5) is 5.69 Å². The number of amides is 1. The van der Waals surface area contributed by atoms with Crippen LogP contribution < -0.4 is 10.1 Å². The van der Waals surface area contributed by atoms with Crippen LogP contribution in [-0.4, -0.2) is 40.8 Å². The average Bonchev–Trinajstić information content (AvgIpc) is 3.25. The summed E-state index contributed by atoms with van der Waals surface area (Å²) in [4.78, 5) is 14.7. The van der Waals surface area contributed by atoms with Crippen molar-refractivity contribution in [3.8, 4) is 5.75 Å². The predicted molar refractivity (Wildman–Crippen MR) is 98.1 cm³/mol. The lowest BCUT2D eigenvalue weighted by Gasteiger charge is -2.20. The highest BCUT2D eigenvalue weighted by Crippen LogP contribution is 2.29. The molecular weight excluding hydrogens is 316 g/mol. The number of nitrogens with zero attached hydrogens (tertiary/aromatic N) is 3. The number of carbonyl (C=O) groups excluding carboxylic acids is 1. The number of hydrogen-bond acceptors (Lipinski definition) is 4. The highest BCUT2D eigenvalue weighted by Gasteiger charge is 2.22. The molecule has 6 nitrogen and oxygen atoms in total. The topological polar surface area (TPSA) is 59.4 Å². The summed E-state index contributed by atoms with van der Waals surface area (Å²) in [5, 5.41) is 7.96. The van der Waals surface area contributed by atoms with Gasteiger partial charge in [0.05, 0.1) is 19.3 Å². The number of rotatable bonds is 5. The summed E-state index contributed by atoms with van der Waals surface area (Å²) in [7, 11) is 3.52. The number of anilines is 1. The van der Waals surface area contributed by atoms with E-state index in [1.807, 2.05) is 50.2 Å². The number of aryl methyl sites for hydroxylation is 1. The average molecular weight is 342 g/mol. The van der Waals surface area contributed by atoms with E-state index in [4.69, 9.17) is 4.74 Å². The molecule has 1 aromatic carbocycles. The standard InChI is InChI=1S/C19H26N4O2/c1-13-15(19(24)23-10-5-6-11-23)8-7-9-16(13)20-14(2)18-17(25-4)12-22(3)21-18/h7-9,12,14,20H,5-6,10-11H2,1-4H3. The van der Waals surface area contributed by atoms with Crippen molar-refractivity contribution in [3.63, 3.8) is 0 Å². The van der Waals surface area contributed by atoms with Crippen LogP contribution in [-0.2, 0) is 7.05 Å². The second-order valence-corrected chi connectivity index (χ2v) is 6.60. The zero-order valence-electron chi connectivity index (χ0n) is 15.4. The van der Waals surface area contributed by atoms with Gasteiger partial charge in [-0.2, -0.15) is 5.10 Å². The Morgan fingerprint density at radius 1 is 1.32 bits per heavy atom. The third-order valence-corrected chi connectivity index (χ3v) is 4.78. The van der Waals surface area contributed by atoms with Gasteiger partial charge in [-0.3, -0.25) is 9.48 Å². The summed E-state index contributed by atoms with van der Waals surface area (Å²) < 4.78 is 7.14. The van der Waals surface area contributed by atoms with Gasteiger partial charge in [0.2, 0.25) is 0 Å². The smallest absolute Gasteiger partial charge is 0.254 e. The zero-order chi connectivity index (χ0) is 18.0. The van der Waals surface area contributed by atoms with E-state index in [9.17, 15) is 4.79 Å². The molecule has 1 amide bonds. The number of carbonyl (C=O) groups is 1. The monoisotopic (exact) mass is 342 g/mol. The van der Waals surface area contributed by atoms with Gasteiger partial charge in [-0.1, -0.05) is 6.07 Å². The van der Waals surface area contributed by atoms with Gasteiger partial charge in [-0.05, 0) is 44.4 Å². The van der Waals surface area contributed by atoms with Gasteiger partial charge in [-0.25, -0.2) is 0 Å². The summed E-state index contributed by atoms with van der Waals surface area (Å²) in [5.74, 6) is 0.881. The number of aromatic nitrogens is 2. The molecule has 1 aliphatic heterocycles. The summed E-state index contributed by atoms with van der Waals surface area (Å²) in [6.45, 7) is 5.75. The number of likely N-dealkylation sites (tertiary alicyclic amines) is 1. The summed E-state index contributed by atoms with van der Waals surface area (Å²) in [5.41, 5.74) is 3.54. The minimum absolute atomic E-state index is 0.0352. The molecule has 25 heavy (non-hydrogen) atoms. The van der Waals surface area contributed by atoms with Crippen LogP contribution in [0.2, 0.25) is 0 Å². The quantitative estimate of drug-likeness (QED) is 0.907. The van der Waals surface area contributed by atoms with E-state index in [1.165, 1.54) is 0 Å². The van der Waals surface area contributed by atoms with E-state index in [0.717, 1.165) is 54.2 Å². The molecule has 0 bridgehead atoms. The second kappa shape index (κ2) is 7.17. The molecule has 1 N–H and O–H groups in total. The molecule has 0 radical (unpaired) electrons. The lowest BCUT2D eigenvalue weighted by Crippen LogP contribution is -2.28. The van der Waals surface area contributed by atoms with Gasteiger partial charge in [0.15, 0.2) is 5.75 Å². The van der Waals surface area contributed by atoms with Crippen LogP contribution in [0, 0.1) is 6.92 Å². The maximum absolute atomic E-state index is 12.7. The maximum Gasteiger partial charge on any atom is 0.254 e. The molecular formula is C19H26N4O2. The van der Waals surface area contributed by atoms with E-state index in [0.29, 0.717) is 0 Å². The fourth-order valence-electron chi connectivity index (χ4n) is 3.36. The number of methoxy groups -OCH3 is 1. The van der Waals surface area contributed by atoms with Crippen LogP contribution in [0.5, 0.6) is 5.75 Å². The van der Waals surface area contributed by atoms with Crippen LogP contribution in [0.25, 0.3) is 0 Å². The van der Waals surface area contributed by atoms with Crippen molar-refractivity contribution >= 4 is 11.6 Å². The Morgan fingerprint density at radius 2 is 2.04 bits per heavy atom. The van der Waals surface area contributed by atoms with Gasteiger partial charge in [0.1, 0.15) is 5.69 Å². The number of hydrogen-bond donors (Lipinski definition) is 1. The minimum atomic E-state index is -0.0352. The Balaban J connectivity index is 1.83. The van der Waals surface area contributed by atoms with Gasteiger partial charge < -0.3 is 15.0 Å². The fourth-order valence-corrected chi connectivity index (χ4v) is 3.36. The first-order chi connectivity index (χ1) is 12.0. The van der Waals surface area contributed by atoms with Crippen molar-refractivity contribution in [2.24, 2.45) is 7.05 Å². The third-order valence-electron chi connectivity index (χ3n) is 4.78. The largest absolute Gasteiger partial charge is 0.493 e. The number of nitrogens with one attached hydrogen (secondary N) is 1. The summed E-state index contributed by atoms with van der Waals surface area (Å²) in [6, 6.07) is 5.81. The van der Waals surface area contributed by atoms with Crippen molar-refractivity contribution in [2.45, 2.75) is 32.7 Å². The van der Waals surface area contributed by atoms with Gasteiger partial charge in [-0.15, -0.1) is 0 Å². The maximum atomic E-state index is 12.7. The highest BCUT2D eigenvalue weighted by molar-refractivity contribution is 5.97. The highest BCUT2D eigenvalue weighted by atomic mass is 16.5. The molecule has 1 atom stereocenters. The van der Waals surface area contributed by atoms with E-state index in [2.05, 4.69) is 10.4 Å². The molecule has 1 aliphatic rings. The Bertz CT molecular complexity index is 763. The fraction of sp³-hybridized carbons (Fsp3) is 0.474. The van der Waals surface area contributed by atoms with Crippen molar-refractivity contribution in [3.05, 3.63) is 41.2 Å². The molecule has 1 fully saturated rings. The first-order valence-corrected chi connectivity index (χ1v) is 8.74. The van der Waals surface area contributed by atoms with E-state index >= 15 is 0 Å². The normalized spacial score (nSPS) is 15.3. The Kier molecular flexibility index (Phi) is 4.97. The molecule has 134 valence electrons. The molecule has 0 saturated carbocycles. The first-order valence-electron chi connectivity index (χ1n) is 8.74. The lowest BCUT2D eigenvalue weighted by atomic mass is 10.0. The minimum Gasteiger partial charge on any atom is -0.493 e. The summed E-state index contributed by atoms with van der Waals surface area (Å²) in [6.07, 6.45) is 4.05. The molecule has 2 aromatic rings. The second-order valence-electron chi connectivity index (χ2n) is 6.60. The Hall–Kier alpha value is -2.50. The molecule has 0 spiro atoms. The SMILES string of the molecule is COc1cn(C)nc1C(C)Nc1cccc(C(=O)N2CCCC2)c1C. The first kappa shape index (κ1) is 17.3. The molecule has 6 heteroatoms. The molecule has 0 aliphatic carbocycles. The Labute approximate surface area is 148 Å². The van der Waals surface area contributed by atoms with E-state index in [1.54, 1.807) is 11.8 Å².